The lowest BCUT2D eigenvalue weighted by Crippen LogP contribution is -2.33. The van der Waals surface area contributed by atoms with Crippen molar-refractivity contribution < 1.29 is 8.42 Å². The fraction of sp³-hybridized carbons (Fsp3) is 0.500. The van der Waals surface area contributed by atoms with Crippen LogP contribution in [0.25, 0.3) is 0 Å². The van der Waals surface area contributed by atoms with Crippen LogP contribution in [0.1, 0.15) is 26.7 Å². The Morgan fingerprint density at radius 3 is 2.39 bits per heavy atom. The zero-order valence-corrected chi connectivity index (χ0v) is 11.4. The van der Waals surface area contributed by atoms with Crippen LogP contribution in [0.5, 0.6) is 0 Å². The molecule has 2 rings (SSSR count). The molecular formula is C12H19N3O2S. The SMILES string of the molecule is CC(C)(Nc1ccc(S(N)(=O)=O)cc1N)C1CC1. The first-order valence-electron chi connectivity index (χ1n) is 5.91. The first kappa shape index (κ1) is 13.2. The van der Waals surface area contributed by atoms with E-state index in [-0.39, 0.29) is 10.4 Å². The van der Waals surface area contributed by atoms with Crippen molar-refractivity contribution in [3.8, 4) is 0 Å². The molecule has 5 N–H and O–H groups in total. The van der Waals surface area contributed by atoms with Crippen molar-refractivity contribution in [2.75, 3.05) is 11.1 Å². The molecule has 18 heavy (non-hydrogen) atoms. The van der Waals surface area contributed by atoms with E-state index >= 15 is 0 Å². The van der Waals surface area contributed by atoms with Crippen LogP contribution in [0.3, 0.4) is 0 Å². The zero-order valence-electron chi connectivity index (χ0n) is 10.6. The Labute approximate surface area is 108 Å². The van der Waals surface area contributed by atoms with Crippen molar-refractivity contribution in [2.45, 2.75) is 37.1 Å². The number of hydrogen-bond acceptors (Lipinski definition) is 4. The summed E-state index contributed by atoms with van der Waals surface area (Å²) < 4.78 is 22.4. The normalized spacial score (nSPS) is 16.6. The highest BCUT2D eigenvalue weighted by molar-refractivity contribution is 7.89. The van der Waals surface area contributed by atoms with Gasteiger partial charge in [-0.05, 0) is 50.8 Å². The van der Waals surface area contributed by atoms with Crippen LogP contribution in [0.15, 0.2) is 23.1 Å². The number of nitrogens with two attached hydrogens (primary N) is 2. The largest absolute Gasteiger partial charge is 0.397 e. The van der Waals surface area contributed by atoms with Crippen LogP contribution < -0.4 is 16.2 Å². The van der Waals surface area contributed by atoms with Crippen LogP contribution in [-0.2, 0) is 10.0 Å². The fourth-order valence-electron chi connectivity index (χ4n) is 2.09. The second-order valence-corrected chi connectivity index (χ2v) is 6.98. The van der Waals surface area contributed by atoms with Gasteiger partial charge in [0.2, 0.25) is 10.0 Å². The molecule has 0 radical (unpaired) electrons. The van der Waals surface area contributed by atoms with Gasteiger partial charge in [0.15, 0.2) is 0 Å². The van der Waals surface area contributed by atoms with E-state index in [0.29, 0.717) is 11.6 Å². The lowest BCUT2D eigenvalue weighted by Gasteiger charge is -2.28. The van der Waals surface area contributed by atoms with E-state index in [0.717, 1.165) is 5.69 Å². The standard InChI is InChI=1S/C12H19N3O2S/c1-12(2,8-3-4-8)15-11-6-5-9(7-10(11)13)18(14,16)17/h5-8,15H,3-4,13H2,1-2H3,(H2,14,16,17). The van der Waals surface area contributed by atoms with E-state index in [1.165, 1.54) is 25.0 Å². The molecule has 0 atom stereocenters. The van der Waals surface area contributed by atoms with Gasteiger partial charge in [0.25, 0.3) is 0 Å². The van der Waals surface area contributed by atoms with Crippen LogP contribution in [-0.4, -0.2) is 14.0 Å². The van der Waals surface area contributed by atoms with Crippen LogP contribution in [0.4, 0.5) is 11.4 Å². The van der Waals surface area contributed by atoms with Gasteiger partial charge < -0.3 is 11.1 Å². The number of hydrogen-bond donors (Lipinski definition) is 3. The predicted octanol–water partition coefficient (Wildman–Crippen LogP) is 1.52. The van der Waals surface area contributed by atoms with Gasteiger partial charge in [-0.25, -0.2) is 13.6 Å². The first-order valence-corrected chi connectivity index (χ1v) is 7.45. The Bertz CT molecular complexity index is 563. The molecule has 1 aromatic carbocycles. The van der Waals surface area contributed by atoms with Crippen molar-refractivity contribution in [1.82, 2.24) is 0 Å². The molecular weight excluding hydrogens is 250 g/mol. The number of nitrogen functional groups attached to an aromatic ring is 1. The molecule has 5 nitrogen and oxygen atoms in total. The van der Waals surface area contributed by atoms with Crippen molar-refractivity contribution in [2.24, 2.45) is 11.1 Å². The van der Waals surface area contributed by atoms with E-state index in [1.807, 2.05) is 0 Å². The van der Waals surface area contributed by atoms with Crippen LogP contribution >= 0.6 is 0 Å². The van der Waals surface area contributed by atoms with E-state index in [9.17, 15) is 8.42 Å². The zero-order chi connectivity index (χ0) is 13.6. The quantitative estimate of drug-likeness (QED) is 0.722. The summed E-state index contributed by atoms with van der Waals surface area (Å²) >= 11 is 0. The van der Waals surface area contributed by atoms with E-state index in [4.69, 9.17) is 10.9 Å². The molecule has 0 heterocycles. The second kappa shape index (κ2) is 4.13. The summed E-state index contributed by atoms with van der Waals surface area (Å²) in [5.74, 6) is 0.648. The lowest BCUT2D eigenvalue weighted by molar-refractivity contribution is 0.495. The highest BCUT2D eigenvalue weighted by Crippen LogP contribution is 2.41. The van der Waals surface area contributed by atoms with Crippen LogP contribution in [0, 0.1) is 5.92 Å². The minimum atomic E-state index is -3.70. The van der Waals surface area contributed by atoms with Gasteiger partial charge in [-0.2, -0.15) is 0 Å². The summed E-state index contributed by atoms with van der Waals surface area (Å²) in [6.07, 6.45) is 2.43. The second-order valence-electron chi connectivity index (χ2n) is 5.42. The maximum absolute atomic E-state index is 11.2. The molecule has 0 spiro atoms. The fourth-order valence-corrected chi connectivity index (χ4v) is 2.63. The average molecular weight is 269 g/mol. The predicted molar refractivity (Wildman–Crippen MR) is 72.7 cm³/mol. The minimum absolute atomic E-state index is 0.0305. The molecule has 6 heteroatoms. The third-order valence-corrected chi connectivity index (χ3v) is 4.32. The summed E-state index contributed by atoms with van der Waals surface area (Å²) in [6, 6.07) is 4.52. The summed E-state index contributed by atoms with van der Waals surface area (Å²) in [5.41, 5.74) is 6.98. The number of primary sulfonamides is 1. The maximum atomic E-state index is 11.2. The van der Waals surface area contributed by atoms with Gasteiger partial charge >= 0.3 is 0 Å². The molecule has 0 aliphatic heterocycles. The van der Waals surface area contributed by atoms with Crippen molar-refractivity contribution in [1.29, 1.82) is 0 Å². The van der Waals surface area contributed by atoms with Gasteiger partial charge in [-0.3, -0.25) is 0 Å². The molecule has 1 fully saturated rings. The molecule has 0 unspecified atom stereocenters. The van der Waals surface area contributed by atoms with Crippen molar-refractivity contribution in [3.63, 3.8) is 0 Å². The minimum Gasteiger partial charge on any atom is -0.397 e. The molecule has 0 aromatic heterocycles. The number of anilines is 2. The van der Waals surface area contributed by atoms with Gasteiger partial charge in [0, 0.05) is 5.54 Å². The summed E-state index contributed by atoms with van der Waals surface area (Å²) in [5, 5.41) is 8.42. The Balaban J connectivity index is 2.25. The molecule has 1 aliphatic rings. The Morgan fingerprint density at radius 2 is 1.94 bits per heavy atom. The first-order chi connectivity index (χ1) is 8.20. The lowest BCUT2D eigenvalue weighted by atomic mass is 9.98. The van der Waals surface area contributed by atoms with Gasteiger partial charge in [0.05, 0.1) is 16.3 Å². The average Bonchev–Trinajstić information content (AvgIpc) is 3.02. The van der Waals surface area contributed by atoms with E-state index < -0.39 is 10.0 Å². The van der Waals surface area contributed by atoms with Gasteiger partial charge in [-0.15, -0.1) is 0 Å². The molecule has 1 aliphatic carbocycles. The molecule has 0 saturated heterocycles. The van der Waals surface area contributed by atoms with E-state index in [2.05, 4.69) is 19.2 Å². The number of sulfonamides is 1. The smallest absolute Gasteiger partial charge is 0.238 e. The third-order valence-electron chi connectivity index (χ3n) is 3.41. The topological polar surface area (TPSA) is 98.2 Å². The summed E-state index contributed by atoms with van der Waals surface area (Å²) in [6.45, 7) is 4.25. The van der Waals surface area contributed by atoms with Gasteiger partial charge in [-0.1, -0.05) is 0 Å². The Kier molecular flexibility index (Phi) is 3.03. The van der Waals surface area contributed by atoms with Crippen molar-refractivity contribution >= 4 is 21.4 Å². The highest BCUT2D eigenvalue weighted by atomic mass is 32.2. The van der Waals surface area contributed by atoms with Crippen molar-refractivity contribution in [3.05, 3.63) is 18.2 Å². The number of rotatable bonds is 4. The molecule has 0 bridgehead atoms. The monoisotopic (exact) mass is 269 g/mol. The third kappa shape index (κ3) is 2.76. The Hall–Kier alpha value is -1.27. The molecule has 1 aromatic rings. The Morgan fingerprint density at radius 1 is 1.33 bits per heavy atom. The van der Waals surface area contributed by atoms with Crippen LogP contribution in [0.2, 0.25) is 0 Å². The van der Waals surface area contributed by atoms with E-state index in [1.54, 1.807) is 6.07 Å². The summed E-state index contributed by atoms with van der Waals surface area (Å²) in [4.78, 5) is 0.0368. The van der Waals surface area contributed by atoms with Gasteiger partial charge in [0.1, 0.15) is 0 Å². The number of benzene rings is 1. The molecule has 0 amide bonds. The molecule has 1 saturated carbocycles. The molecule has 100 valence electrons. The maximum Gasteiger partial charge on any atom is 0.238 e. The number of nitrogens with one attached hydrogen (secondary N) is 1. The summed E-state index contributed by atoms with van der Waals surface area (Å²) in [7, 11) is -3.70. The highest BCUT2D eigenvalue weighted by Gasteiger charge is 2.37.